The van der Waals surface area contributed by atoms with Crippen LogP contribution in [0.5, 0.6) is 0 Å². The molecule has 4 nitrogen and oxygen atoms in total. The van der Waals surface area contributed by atoms with Gasteiger partial charge in [-0.1, -0.05) is 19.9 Å². The highest BCUT2D eigenvalue weighted by molar-refractivity contribution is 5.81. The van der Waals surface area contributed by atoms with E-state index < -0.39 is 0 Å². The summed E-state index contributed by atoms with van der Waals surface area (Å²) in [5.41, 5.74) is 2.13. The van der Waals surface area contributed by atoms with Gasteiger partial charge < -0.3 is 10.6 Å². The van der Waals surface area contributed by atoms with Crippen molar-refractivity contribution in [1.82, 2.24) is 15.6 Å². The maximum Gasteiger partial charge on any atom is 0.236 e. The number of aryl methyl sites for hydroxylation is 1. The van der Waals surface area contributed by atoms with Crippen LogP contribution in [-0.4, -0.2) is 23.5 Å². The minimum Gasteiger partial charge on any atom is -0.354 e. The van der Waals surface area contributed by atoms with E-state index in [0.717, 1.165) is 11.3 Å². The Hall–Kier alpha value is -1.42. The van der Waals surface area contributed by atoms with Gasteiger partial charge >= 0.3 is 0 Å². The number of carbonyl (C=O) groups excluding carboxylic acids is 1. The molecule has 1 heterocycles. The molecule has 0 fully saturated rings. The molecule has 2 N–H and O–H groups in total. The Bertz CT molecular complexity index is 390. The van der Waals surface area contributed by atoms with Crippen molar-refractivity contribution >= 4 is 5.91 Å². The summed E-state index contributed by atoms with van der Waals surface area (Å²) in [7, 11) is 0. The second-order valence-corrected chi connectivity index (χ2v) is 5.01. The summed E-state index contributed by atoms with van der Waals surface area (Å²) in [5.74, 6) is 0.511. The zero-order chi connectivity index (χ0) is 13.5. The first-order valence-electron chi connectivity index (χ1n) is 6.42. The summed E-state index contributed by atoms with van der Waals surface area (Å²) in [6, 6.07) is 3.73. The lowest BCUT2D eigenvalue weighted by atomic mass is 10.2. The first-order valence-corrected chi connectivity index (χ1v) is 6.42. The van der Waals surface area contributed by atoms with E-state index >= 15 is 0 Å². The largest absolute Gasteiger partial charge is 0.354 e. The first kappa shape index (κ1) is 14.6. The fraction of sp³-hybridized carbons (Fsp3) is 0.571. The van der Waals surface area contributed by atoms with Gasteiger partial charge in [0.2, 0.25) is 5.91 Å². The smallest absolute Gasteiger partial charge is 0.236 e. The molecule has 0 aliphatic heterocycles. The van der Waals surface area contributed by atoms with E-state index in [4.69, 9.17) is 0 Å². The van der Waals surface area contributed by atoms with Crippen LogP contribution in [0.2, 0.25) is 0 Å². The molecule has 1 rings (SSSR count). The zero-order valence-electron chi connectivity index (χ0n) is 11.7. The van der Waals surface area contributed by atoms with Crippen LogP contribution in [0.4, 0.5) is 0 Å². The Labute approximate surface area is 109 Å². The standard InChI is InChI=1S/C14H23N3O/c1-10(2)8-17-14(18)12(4)16-9-13-11(3)6-5-7-15-13/h5-7,10,12,16H,8-9H2,1-4H3,(H,17,18). The number of nitrogens with zero attached hydrogens (tertiary/aromatic N) is 1. The predicted molar refractivity (Wildman–Crippen MR) is 73.1 cm³/mol. The van der Waals surface area contributed by atoms with E-state index in [-0.39, 0.29) is 11.9 Å². The molecule has 0 aliphatic carbocycles. The van der Waals surface area contributed by atoms with Gasteiger partial charge in [-0.25, -0.2) is 0 Å². The van der Waals surface area contributed by atoms with Crippen molar-refractivity contribution in [3.05, 3.63) is 29.6 Å². The van der Waals surface area contributed by atoms with Crippen molar-refractivity contribution in [2.45, 2.75) is 40.3 Å². The van der Waals surface area contributed by atoms with E-state index in [2.05, 4.69) is 29.5 Å². The lowest BCUT2D eigenvalue weighted by molar-refractivity contribution is -0.122. The molecule has 1 aromatic rings. The maximum atomic E-state index is 11.8. The average Bonchev–Trinajstić information content (AvgIpc) is 2.34. The summed E-state index contributed by atoms with van der Waals surface area (Å²) in [6.07, 6.45) is 1.77. The minimum atomic E-state index is -0.204. The molecule has 0 spiro atoms. The van der Waals surface area contributed by atoms with Gasteiger partial charge in [0.15, 0.2) is 0 Å². The molecule has 1 unspecified atom stereocenters. The van der Waals surface area contributed by atoms with Crippen LogP contribution >= 0.6 is 0 Å². The van der Waals surface area contributed by atoms with Gasteiger partial charge in [-0.3, -0.25) is 9.78 Å². The first-order chi connectivity index (χ1) is 8.50. The molecule has 100 valence electrons. The number of hydrogen-bond acceptors (Lipinski definition) is 3. The fourth-order valence-corrected chi connectivity index (χ4v) is 1.50. The van der Waals surface area contributed by atoms with E-state index in [1.165, 1.54) is 0 Å². The molecule has 1 aromatic heterocycles. The third kappa shape index (κ3) is 4.84. The SMILES string of the molecule is Cc1cccnc1CNC(C)C(=O)NCC(C)C. The molecule has 1 amide bonds. The summed E-state index contributed by atoms with van der Waals surface area (Å²) in [6.45, 7) is 9.38. The number of aromatic nitrogens is 1. The van der Waals surface area contributed by atoms with Crippen LogP contribution in [0.3, 0.4) is 0 Å². The molecular weight excluding hydrogens is 226 g/mol. The van der Waals surface area contributed by atoms with Crippen molar-refractivity contribution < 1.29 is 4.79 Å². The van der Waals surface area contributed by atoms with E-state index in [1.54, 1.807) is 6.20 Å². The quantitative estimate of drug-likeness (QED) is 0.806. The van der Waals surface area contributed by atoms with Crippen LogP contribution in [0, 0.1) is 12.8 Å². The molecule has 1 atom stereocenters. The van der Waals surface area contributed by atoms with Gasteiger partial charge in [-0.2, -0.15) is 0 Å². The van der Waals surface area contributed by atoms with Crippen LogP contribution in [0.15, 0.2) is 18.3 Å². The van der Waals surface area contributed by atoms with Crippen LogP contribution in [-0.2, 0) is 11.3 Å². The number of carbonyl (C=O) groups is 1. The Morgan fingerprint density at radius 1 is 1.39 bits per heavy atom. The van der Waals surface area contributed by atoms with Gasteiger partial charge in [0, 0.05) is 19.3 Å². The minimum absolute atomic E-state index is 0.0392. The van der Waals surface area contributed by atoms with Crippen molar-refractivity contribution in [3.63, 3.8) is 0 Å². The summed E-state index contributed by atoms with van der Waals surface area (Å²) in [4.78, 5) is 16.0. The topological polar surface area (TPSA) is 54.0 Å². The lowest BCUT2D eigenvalue weighted by Gasteiger charge is -2.15. The second kappa shape index (κ2) is 7.11. The molecule has 0 radical (unpaired) electrons. The van der Waals surface area contributed by atoms with Crippen LogP contribution < -0.4 is 10.6 Å². The monoisotopic (exact) mass is 249 g/mol. The molecule has 0 saturated carbocycles. The summed E-state index contributed by atoms with van der Waals surface area (Å²) >= 11 is 0. The lowest BCUT2D eigenvalue weighted by Crippen LogP contribution is -2.43. The van der Waals surface area contributed by atoms with E-state index in [9.17, 15) is 4.79 Å². The number of nitrogens with one attached hydrogen (secondary N) is 2. The van der Waals surface area contributed by atoms with Gasteiger partial charge in [0.25, 0.3) is 0 Å². The van der Waals surface area contributed by atoms with Crippen molar-refractivity contribution in [1.29, 1.82) is 0 Å². The zero-order valence-corrected chi connectivity index (χ0v) is 11.7. The van der Waals surface area contributed by atoms with Gasteiger partial charge in [-0.05, 0) is 31.4 Å². The highest BCUT2D eigenvalue weighted by Gasteiger charge is 2.12. The Balaban J connectivity index is 2.39. The van der Waals surface area contributed by atoms with Gasteiger partial charge in [0.1, 0.15) is 0 Å². The molecule has 0 saturated heterocycles. The maximum absolute atomic E-state index is 11.8. The molecule has 0 aromatic carbocycles. The van der Waals surface area contributed by atoms with Gasteiger partial charge in [-0.15, -0.1) is 0 Å². The number of rotatable bonds is 6. The number of hydrogen-bond donors (Lipinski definition) is 2. The Morgan fingerprint density at radius 2 is 2.11 bits per heavy atom. The molecule has 18 heavy (non-hydrogen) atoms. The third-order valence-electron chi connectivity index (χ3n) is 2.77. The predicted octanol–water partition coefficient (Wildman–Crippen LogP) is 1.64. The summed E-state index contributed by atoms with van der Waals surface area (Å²) in [5, 5.41) is 6.10. The van der Waals surface area contributed by atoms with Gasteiger partial charge in [0.05, 0.1) is 11.7 Å². The molecule has 0 aliphatic rings. The van der Waals surface area contributed by atoms with Crippen LogP contribution in [0.1, 0.15) is 32.0 Å². The Kier molecular flexibility index (Phi) is 5.78. The van der Waals surface area contributed by atoms with E-state index in [1.807, 2.05) is 26.0 Å². The van der Waals surface area contributed by atoms with Crippen molar-refractivity contribution in [3.8, 4) is 0 Å². The number of pyridine rings is 1. The van der Waals surface area contributed by atoms with Crippen LogP contribution in [0.25, 0.3) is 0 Å². The summed E-state index contributed by atoms with van der Waals surface area (Å²) < 4.78 is 0. The molecular formula is C14H23N3O. The highest BCUT2D eigenvalue weighted by Crippen LogP contribution is 2.02. The molecule has 0 bridgehead atoms. The normalized spacial score (nSPS) is 12.5. The highest BCUT2D eigenvalue weighted by atomic mass is 16.2. The Morgan fingerprint density at radius 3 is 2.72 bits per heavy atom. The number of amides is 1. The fourth-order valence-electron chi connectivity index (χ4n) is 1.50. The van der Waals surface area contributed by atoms with E-state index in [0.29, 0.717) is 19.0 Å². The van der Waals surface area contributed by atoms with Crippen molar-refractivity contribution in [2.24, 2.45) is 5.92 Å². The second-order valence-electron chi connectivity index (χ2n) is 5.01. The molecule has 4 heteroatoms. The average molecular weight is 249 g/mol. The van der Waals surface area contributed by atoms with Crippen molar-refractivity contribution in [2.75, 3.05) is 6.54 Å². The third-order valence-corrected chi connectivity index (χ3v) is 2.77.